The van der Waals surface area contributed by atoms with Crippen LogP contribution in [0.4, 0.5) is 10.3 Å². The van der Waals surface area contributed by atoms with Gasteiger partial charge < -0.3 is 10.1 Å². The SMILES string of the molecule is O=S1(=O)C=c2ccc(-c3cnc(NCc4c(F)ccc5c4[C@H]4C[C@H]4O5)n4cnnc34)cc2=C1. The van der Waals surface area contributed by atoms with Crippen LogP contribution >= 0.6 is 0 Å². The molecule has 2 aromatic heterocycles. The van der Waals surface area contributed by atoms with Crippen molar-refractivity contribution in [1.82, 2.24) is 19.6 Å². The summed E-state index contributed by atoms with van der Waals surface area (Å²) in [4.78, 5) is 4.53. The number of fused-ring (bicyclic) bond motifs is 5. The fourth-order valence-corrected chi connectivity index (χ4v) is 5.93. The second-order valence-electron chi connectivity index (χ2n) is 8.48. The van der Waals surface area contributed by atoms with E-state index in [0.717, 1.165) is 23.3 Å². The topological polar surface area (TPSA) is 98.5 Å². The molecule has 0 radical (unpaired) electrons. The molecule has 0 bridgehead atoms. The molecule has 7 rings (SSSR count). The number of halogens is 1. The van der Waals surface area contributed by atoms with Gasteiger partial charge in [0.15, 0.2) is 15.5 Å². The second kappa shape index (κ2) is 6.38. The van der Waals surface area contributed by atoms with Crippen LogP contribution < -0.4 is 20.5 Å². The van der Waals surface area contributed by atoms with Gasteiger partial charge in [-0.15, -0.1) is 10.2 Å². The van der Waals surface area contributed by atoms with E-state index in [1.54, 1.807) is 28.8 Å². The number of anilines is 1. The number of benzene rings is 2. The van der Waals surface area contributed by atoms with Gasteiger partial charge in [0.05, 0.1) is 0 Å². The van der Waals surface area contributed by atoms with Crippen LogP contribution in [0.5, 0.6) is 5.75 Å². The summed E-state index contributed by atoms with van der Waals surface area (Å²) in [6, 6.07) is 8.52. The van der Waals surface area contributed by atoms with Crippen molar-refractivity contribution in [2.24, 2.45) is 0 Å². The molecule has 0 saturated heterocycles. The zero-order valence-electron chi connectivity index (χ0n) is 17.1. The van der Waals surface area contributed by atoms with Gasteiger partial charge in [0.2, 0.25) is 5.95 Å². The highest BCUT2D eigenvalue weighted by molar-refractivity contribution is 8.06. The van der Waals surface area contributed by atoms with Gasteiger partial charge in [0.25, 0.3) is 0 Å². The summed E-state index contributed by atoms with van der Waals surface area (Å²) >= 11 is 0. The Morgan fingerprint density at radius 3 is 2.97 bits per heavy atom. The molecule has 1 fully saturated rings. The summed E-state index contributed by atoms with van der Waals surface area (Å²) < 4.78 is 45.9. The fourth-order valence-electron chi connectivity index (χ4n) is 4.74. The lowest BCUT2D eigenvalue weighted by atomic mass is 10.0. The minimum Gasteiger partial charge on any atom is -0.489 e. The molecule has 2 aromatic carbocycles. The fraction of sp³-hybridized carbons (Fsp3) is 0.174. The first-order valence-electron chi connectivity index (χ1n) is 10.5. The average Bonchev–Trinajstić information content (AvgIpc) is 3.11. The molecule has 2 aliphatic heterocycles. The summed E-state index contributed by atoms with van der Waals surface area (Å²) in [6.07, 6.45) is 4.31. The number of sulfone groups is 1. The highest BCUT2D eigenvalue weighted by atomic mass is 32.2. The van der Waals surface area contributed by atoms with Gasteiger partial charge in [-0.3, -0.25) is 4.40 Å². The first-order chi connectivity index (χ1) is 16.0. The van der Waals surface area contributed by atoms with Crippen LogP contribution in [0.15, 0.2) is 42.9 Å². The third-order valence-electron chi connectivity index (χ3n) is 6.38. The number of hydrogen-bond acceptors (Lipinski definition) is 7. The normalized spacial score (nSPS) is 20.9. The Hall–Kier alpha value is -3.79. The first kappa shape index (κ1) is 18.8. The standard InChI is InChI=1S/C23H16FN5O3S/c24-18-3-4-19-21(15-6-20(15)32-19)17(18)8-26-23-25-7-16(22-28-27-11-29(22)23)12-1-2-13-9-33(30,31)10-14(13)5-12/h1-5,7,9-11,15,20H,6,8H2,(H,25,26)/t15-,20+/m0/s1. The maximum Gasteiger partial charge on any atom is 0.210 e. The zero-order valence-corrected chi connectivity index (χ0v) is 17.9. The van der Waals surface area contributed by atoms with Gasteiger partial charge in [0, 0.05) is 46.2 Å². The van der Waals surface area contributed by atoms with Gasteiger partial charge in [-0.25, -0.2) is 17.8 Å². The Morgan fingerprint density at radius 1 is 1.18 bits per heavy atom. The maximum absolute atomic E-state index is 14.6. The Balaban J connectivity index is 1.26. The molecule has 4 heterocycles. The van der Waals surface area contributed by atoms with E-state index in [1.165, 1.54) is 23.2 Å². The highest BCUT2D eigenvalue weighted by Gasteiger charge is 2.49. The molecule has 33 heavy (non-hydrogen) atoms. The third-order valence-corrected chi connectivity index (χ3v) is 7.54. The lowest BCUT2D eigenvalue weighted by molar-refractivity contribution is 0.318. The largest absolute Gasteiger partial charge is 0.489 e. The van der Waals surface area contributed by atoms with Crippen LogP contribution in [-0.2, 0) is 16.4 Å². The number of nitrogens with zero attached hydrogens (tertiary/aromatic N) is 4. The molecule has 1 saturated carbocycles. The summed E-state index contributed by atoms with van der Waals surface area (Å²) in [7, 11) is -3.33. The van der Waals surface area contributed by atoms with Gasteiger partial charge >= 0.3 is 0 Å². The molecular formula is C23H16FN5O3S. The molecule has 2 atom stereocenters. The molecule has 164 valence electrons. The van der Waals surface area contributed by atoms with Crippen LogP contribution in [0.25, 0.3) is 27.6 Å². The molecular weight excluding hydrogens is 445 g/mol. The molecule has 1 aliphatic carbocycles. The smallest absolute Gasteiger partial charge is 0.210 e. The molecule has 10 heteroatoms. The number of ether oxygens (including phenoxy) is 1. The monoisotopic (exact) mass is 461 g/mol. The molecule has 0 amide bonds. The summed E-state index contributed by atoms with van der Waals surface area (Å²) in [6.45, 7) is 0.253. The minimum absolute atomic E-state index is 0.180. The highest BCUT2D eigenvalue weighted by Crippen LogP contribution is 2.55. The van der Waals surface area contributed by atoms with Crippen molar-refractivity contribution in [2.75, 3.05) is 5.32 Å². The Morgan fingerprint density at radius 2 is 2.06 bits per heavy atom. The first-order valence-corrected chi connectivity index (χ1v) is 12.1. The zero-order chi connectivity index (χ0) is 22.3. The summed E-state index contributed by atoms with van der Waals surface area (Å²) in [5.74, 6) is 1.25. The van der Waals surface area contributed by atoms with Crippen molar-refractivity contribution in [1.29, 1.82) is 0 Å². The summed E-state index contributed by atoms with van der Waals surface area (Å²) in [5, 5.41) is 15.2. The van der Waals surface area contributed by atoms with Crippen molar-refractivity contribution in [3.63, 3.8) is 0 Å². The maximum atomic E-state index is 14.6. The predicted molar refractivity (Wildman–Crippen MR) is 119 cm³/mol. The van der Waals surface area contributed by atoms with Crippen molar-refractivity contribution < 1.29 is 17.5 Å². The third kappa shape index (κ3) is 2.87. The van der Waals surface area contributed by atoms with Crippen LogP contribution in [-0.4, -0.2) is 34.1 Å². The molecule has 3 aliphatic rings. The summed E-state index contributed by atoms with van der Waals surface area (Å²) in [5.41, 5.74) is 3.58. The van der Waals surface area contributed by atoms with Crippen LogP contribution in [0, 0.1) is 5.82 Å². The van der Waals surface area contributed by atoms with Crippen molar-refractivity contribution in [2.45, 2.75) is 25.0 Å². The number of hydrogen-bond donors (Lipinski definition) is 1. The number of aromatic nitrogens is 4. The second-order valence-corrected chi connectivity index (χ2v) is 10.1. The molecule has 4 aromatic rings. The van der Waals surface area contributed by atoms with Gasteiger partial charge in [-0.05, 0) is 40.6 Å². The van der Waals surface area contributed by atoms with Crippen LogP contribution in [0.3, 0.4) is 0 Å². The van der Waals surface area contributed by atoms with Crippen LogP contribution in [0.2, 0.25) is 0 Å². The van der Waals surface area contributed by atoms with Gasteiger partial charge in [-0.1, -0.05) is 12.1 Å². The van der Waals surface area contributed by atoms with E-state index in [4.69, 9.17) is 4.74 Å². The van der Waals surface area contributed by atoms with E-state index in [2.05, 4.69) is 20.5 Å². The molecule has 1 N–H and O–H groups in total. The van der Waals surface area contributed by atoms with E-state index in [-0.39, 0.29) is 24.4 Å². The van der Waals surface area contributed by atoms with E-state index >= 15 is 0 Å². The quantitative estimate of drug-likeness (QED) is 0.494. The molecule has 0 spiro atoms. The van der Waals surface area contributed by atoms with E-state index < -0.39 is 9.84 Å². The van der Waals surface area contributed by atoms with Gasteiger partial charge in [0.1, 0.15) is 24.0 Å². The van der Waals surface area contributed by atoms with E-state index in [1.807, 2.05) is 6.07 Å². The molecule has 8 nitrogen and oxygen atoms in total. The van der Waals surface area contributed by atoms with Crippen molar-refractivity contribution in [3.8, 4) is 16.9 Å². The lowest BCUT2D eigenvalue weighted by Gasteiger charge is -2.13. The Kier molecular flexibility index (Phi) is 3.63. The van der Waals surface area contributed by atoms with E-state index in [9.17, 15) is 12.8 Å². The average molecular weight is 461 g/mol. The van der Waals surface area contributed by atoms with Crippen molar-refractivity contribution in [3.05, 3.63) is 70.2 Å². The minimum atomic E-state index is -3.33. The van der Waals surface area contributed by atoms with Crippen molar-refractivity contribution >= 4 is 32.2 Å². The Bertz CT molecular complexity index is 1730. The number of nitrogens with one attached hydrogen (secondary N) is 1. The van der Waals surface area contributed by atoms with Gasteiger partial charge in [-0.2, -0.15) is 0 Å². The lowest BCUT2D eigenvalue weighted by Crippen LogP contribution is -2.20. The molecule has 0 unspecified atom stereocenters. The van der Waals surface area contributed by atoms with Crippen LogP contribution in [0.1, 0.15) is 23.5 Å². The predicted octanol–water partition coefficient (Wildman–Crippen LogP) is 1.70. The number of rotatable bonds is 4. The van der Waals surface area contributed by atoms with E-state index in [0.29, 0.717) is 33.2 Å². The Labute approximate surface area is 187 Å².